The van der Waals surface area contributed by atoms with Gasteiger partial charge in [-0.3, -0.25) is 0 Å². The Morgan fingerprint density at radius 2 is 0.376 bits per heavy atom. The highest BCUT2D eigenvalue weighted by Crippen LogP contribution is 2.60. The summed E-state index contributed by atoms with van der Waals surface area (Å²) in [7, 11) is 0. The van der Waals surface area contributed by atoms with Crippen LogP contribution >= 0.6 is 0 Å². The van der Waals surface area contributed by atoms with Gasteiger partial charge in [-0.1, -0.05) is 459 Å². The van der Waals surface area contributed by atoms with E-state index < -0.39 is 0 Å². The number of hydrogen-bond donors (Lipinski definition) is 0. The Bertz CT molecular complexity index is 7880. The van der Waals surface area contributed by atoms with Gasteiger partial charge in [0.25, 0.3) is 0 Å². The van der Waals surface area contributed by atoms with Crippen LogP contribution in [0.25, 0.3) is 122 Å². The molecule has 23 rings (SSSR count). The summed E-state index contributed by atoms with van der Waals surface area (Å²) >= 11 is 0. The van der Waals surface area contributed by atoms with E-state index in [1.807, 2.05) is 0 Å². The highest BCUT2D eigenvalue weighted by atomic mass is 15.2. The molecule has 0 saturated carbocycles. The third kappa shape index (κ3) is 16.9. The van der Waals surface area contributed by atoms with Crippen molar-refractivity contribution in [3.63, 3.8) is 0 Å². The van der Waals surface area contributed by atoms with Crippen LogP contribution in [0.1, 0.15) is 116 Å². The van der Waals surface area contributed by atoms with Crippen LogP contribution in [0.2, 0.25) is 0 Å². The molecule has 686 valence electrons. The molecule has 20 aromatic carbocycles. The van der Waals surface area contributed by atoms with Crippen molar-refractivity contribution in [1.29, 1.82) is 0 Å². The van der Waals surface area contributed by atoms with Crippen molar-refractivity contribution in [1.82, 2.24) is 0 Å². The maximum Gasteiger partial charge on any atom is 0.0540 e. The summed E-state index contributed by atoms with van der Waals surface area (Å²) in [6.45, 7) is 28.9. The van der Waals surface area contributed by atoms with Gasteiger partial charge in [0.15, 0.2) is 0 Å². The van der Waals surface area contributed by atoms with Crippen molar-refractivity contribution in [3.05, 3.63) is 537 Å². The second-order valence-electron chi connectivity index (χ2n) is 41.1. The van der Waals surface area contributed by atoms with Crippen molar-refractivity contribution in [3.8, 4) is 122 Å². The molecule has 3 aliphatic carbocycles. The minimum atomic E-state index is -0.110. The first-order chi connectivity index (χ1) is 68.5. The molecule has 0 fully saturated rings. The zero-order valence-electron chi connectivity index (χ0n) is 82.8. The molecule has 0 atom stereocenters. The van der Waals surface area contributed by atoms with Crippen LogP contribution in [0.4, 0.5) is 51.2 Å². The predicted molar refractivity (Wildman–Crippen MR) is 601 cm³/mol. The van der Waals surface area contributed by atoms with Crippen LogP contribution in [-0.4, -0.2) is 0 Å². The molecule has 0 N–H and O–H groups in total. The Hall–Kier alpha value is -16.2. The molecule has 0 spiro atoms. The van der Waals surface area contributed by atoms with E-state index in [9.17, 15) is 0 Å². The number of benzene rings is 20. The fraction of sp³-hybridized carbons (Fsp3) is 0.130. The van der Waals surface area contributed by atoms with E-state index in [1.54, 1.807) is 0 Å². The van der Waals surface area contributed by atoms with Crippen LogP contribution in [0.5, 0.6) is 0 Å². The average molecular weight is 1820 g/mol. The first kappa shape index (κ1) is 91.2. The third-order valence-corrected chi connectivity index (χ3v) is 31.8. The van der Waals surface area contributed by atoms with E-state index >= 15 is 0 Å². The topological polar surface area (TPSA) is 9.72 Å². The second kappa shape index (κ2) is 37.6. The molecule has 20 aromatic rings. The molecule has 3 heteroatoms. The largest absolute Gasteiger partial charge is 0.310 e. The normalized spacial score (nSPS) is 14.2. The Kier molecular flexibility index (Phi) is 24.3. The Morgan fingerprint density at radius 1 is 0.121 bits per heavy atom. The molecule has 3 aliphatic rings. The highest BCUT2D eigenvalue weighted by Gasteiger charge is 2.50. The Balaban J connectivity index is 0.000000126. The van der Waals surface area contributed by atoms with E-state index in [0.717, 1.165) is 51.2 Å². The number of hydrogen-bond acceptors (Lipinski definition) is 3. The summed E-state index contributed by atoms with van der Waals surface area (Å²) in [4.78, 5) is 7.14. The molecule has 141 heavy (non-hydrogen) atoms. The smallest absolute Gasteiger partial charge is 0.0540 e. The van der Waals surface area contributed by atoms with Crippen LogP contribution < -0.4 is 14.7 Å². The third-order valence-electron chi connectivity index (χ3n) is 31.8. The van der Waals surface area contributed by atoms with E-state index in [0.29, 0.717) is 0 Å². The standard InChI is InChI=1S/2C48H41N.C42H37N/c1-47(2)45-32-36(34-17-9-5-10-18-34)25-27-43(45)44-28-26-37(33-46(44)48(47,3)4)39-29-38(35-19-11-6-12-20-35)30-42(31-39)49(40-21-13-7-14-22-40)41-23-15-8-16-24-41;1-47(2)44-29-27-37(34-17-8-5-9-18-34)32-42(44)43-33-38(28-30-45(43)48(47,3)4)36-21-16-24-40(31-36)49(39-22-12-7-13-23-39)46-26-15-14-25-41(46)35-19-10-6-11-20-35;1-41(2)38-27-13-11-24-36(38)37-26-16-25-35(40(37)42(41,3)4)31-19-15-22-33(29-31)43(32-20-9-6-10-21-32)39-28-14-12-23-34(39)30-17-7-5-8-18-30/h2*5-33H,1-4H3;5-29H,1-4H3. The Labute approximate surface area is 834 Å². The van der Waals surface area contributed by atoms with Crippen molar-refractivity contribution in [2.24, 2.45) is 0 Å². The number of nitrogens with zero attached hydrogens (tertiary/aromatic N) is 3. The van der Waals surface area contributed by atoms with Crippen molar-refractivity contribution in [2.45, 2.75) is 116 Å². The van der Waals surface area contributed by atoms with Crippen LogP contribution in [0.3, 0.4) is 0 Å². The first-order valence-corrected chi connectivity index (χ1v) is 49.8. The summed E-state index contributed by atoms with van der Waals surface area (Å²) in [5, 5.41) is 0. The molecule has 0 radical (unpaired) electrons. The van der Waals surface area contributed by atoms with Crippen molar-refractivity contribution < 1.29 is 0 Å². The van der Waals surface area contributed by atoms with Crippen molar-refractivity contribution >= 4 is 51.2 Å². The molecule has 0 saturated heterocycles. The molecular weight excluding hydrogens is 1700 g/mol. The van der Waals surface area contributed by atoms with Gasteiger partial charge in [-0.25, -0.2) is 0 Å². The van der Waals surface area contributed by atoms with Gasteiger partial charge in [-0.2, -0.15) is 0 Å². The van der Waals surface area contributed by atoms with E-state index in [2.05, 4.69) is 601 Å². The summed E-state index contributed by atoms with van der Waals surface area (Å²) in [5.41, 5.74) is 45.9. The number of para-hydroxylation sites is 6. The molecule has 0 heterocycles. The van der Waals surface area contributed by atoms with Gasteiger partial charge in [-0.15, -0.1) is 0 Å². The monoisotopic (exact) mass is 1820 g/mol. The van der Waals surface area contributed by atoms with Crippen molar-refractivity contribution in [2.75, 3.05) is 14.7 Å². The van der Waals surface area contributed by atoms with Gasteiger partial charge in [0.1, 0.15) is 0 Å². The predicted octanol–water partition coefficient (Wildman–Crippen LogP) is 38.5. The minimum Gasteiger partial charge on any atom is -0.310 e. The highest BCUT2D eigenvalue weighted by molar-refractivity contribution is 5.96. The van der Waals surface area contributed by atoms with E-state index in [-0.39, 0.29) is 32.5 Å². The fourth-order valence-electron chi connectivity index (χ4n) is 22.2. The number of fused-ring (bicyclic) bond motifs is 9. The van der Waals surface area contributed by atoms with E-state index in [1.165, 1.54) is 156 Å². The van der Waals surface area contributed by atoms with Gasteiger partial charge >= 0.3 is 0 Å². The quantitative estimate of drug-likeness (QED) is 0.0900. The SMILES string of the molecule is CC1(C)c2cc(-c3ccccc3)ccc2-c2ccc(-c3cc(-c4ccccc4)cc(N(c4ccccc4)c4ccccc4)c3)cc2C1(C)C.CC1(C)c2ccc(-c3ccccc3)cc2-c2cc(-c3cccc(N(c4ccccc4)c4ccccc4-c4ccccc4)c3)ccc2C1(C)C.CC1(C)c2ccccc2-c2cccc(-c3cccc(N(c4ccccc4)c4ccccc4-c4ccccc4)c3)c2C1(C)C. The molecule has 3 nitrogen and oxygen atoms in total. The van der Waals surface area contributed by atoms with Gasteiger partial charge in [0.2, 0.25) is 0 Å². The zero-order chi connectivity index (χ0) is 96.8. The first-order valence-electron chi connectivity index (χ1n) is 49.8. The molecule has 0 unspecified atom stereocenters. The van der Waals surface area contributed by atoms with Gasteiger partial charge < -0.3 is 14.7 Å². The molecule has 0 amide bonds. The average Bonchev–Trinajstić information content (AvgIpc) is 0.712. The van der Waals surface area contributed by atoms with E-state index in [4.69, 9.17) is 0 Å². The molecule has 0 aliphatic heterocycles. The number of rotatable bonds is 17. The summed E-state index contributed by atoms with van der Waals surface area (Å²) < 4.78 is 0. The minimum absolute atomic E-state index is 0.0327. The zero-order valence-corrected chi connectivity index (χ0v) is 82.8. The van der Waals surface area contributed by atoms with Crippen LogP contribution in [-0.2, 0) is 32.5 Å². The lowest BCUT2D eigenvalue weighted by Gasteiger charge is -2.49. The van der Waals surface area contributed by atoms with Gasteiger partial charge in [0, 0.05) is 56.4 Å². The maximum absolute atomic E-state index is 2.47. The summed E-state index contributed by atoms with van der Waals surface area (Å²) in [5.74, 6) is 0. The lowest BCUT2D eigenvalue weighted by Crippen LogP contribution is -2.43. The number of anilines is 9. The second-order valence-corrected chi connectivity index (χ2v) is 41.1. The lowest BCUT2D eigenvalue weighted by atomic mass is 9.54. The van der Waals surface area contributed by atoms with Crippen LogP contribution in [0.15, 0.2) is 504 Å². The van der Waals surface area contributed by atoms with Gasteiger partial charge in [-0.05, 0) is 299 Å². The lowest BCUT2D eigenvalue weighted by molar-refractivity contribution is 0.299. The molecular formula is C138H119N3. The molecule has 0 aromatic heterocycles. The maximum atomic E-state index is 2.47. The fourth-order valence-corrected chi connectivity index (χ4v) is 22.2. The molecule has 0 bridgehead atoms. The summed E-state index contributed by atoms with van der Waals surface area (Å²) in [6.07, 6.45) is 0. The van der Waals surface area contributed by atoms with Gasteiger partial charge in [0.05, 0.1) is 11.4 Å². The van der Waals surface area contributed by atoms with Crippen LogP contribution in [0, 0.1) is 0 Å². The Morgan fingerprint density at radius 3 is 0.816 bits per heavy atom. The summed E-state index contributed by atoms with van der Waals surface area (Å²) in [6, 6.07) is 183.